The largest absolute Gasteiger partial charge is 0.340 e. The summed E-state index contributed by atoms with van der Waals surface area (Å²) in [4.78, 5) is 42.4. The average Bonchev–Trinajstić information content (AvgIpc) is 2.78. The summed E-state index contributed by atoms with van der Waals surface area (Å²) in [5, 5.41) is 3.47. The number of rotatable bonds is 5. The van der Waals surface area contributed by atoms with Crippen LogP contribution < -0.4 is 5.32 Å². The number of hydrogen-bond donors (Lipinski definition) is 1. The Morgan fingerprint density at radius 3 is 2.25 bits per heavy atom. The highest BCUT2D eigenvalue weighted by Crippen LogP contribution is 2.23. The fourth-order valence-corrected chi connectivity index (χ4v) is 4.08. The molecule has 1 aliphatic rings. The average molecular weight is 476 g/mol. The molecule has 1 N–H and O–H groups in total. The summed E-state index contributed by atoms with van der Waals surface area (Å²) in [6, 6.07) is 12.9. The zero-order valence-electron chi connectivity index (χ0n) is 18.3. The van der Waals surface area contributed by atoms with Crippen LogP contribution >= 0.6 is 23.2 Å². The Balaban J connectivity index is 1.67. The van der Waals surface area contributed by atoms with E-state index in [-0.39, 0.29) is 34.7 Å². The maximum Gasteiger partial charge on any atom is 0.254 e. The van der Waals surface area contributed by atoms with Crippen molar-refractivity contribution in [1.82, 2.24) is 15.1 Å². The van der Waals surface area contributed by atoms with Crippen LogP contribution in [0, 0.1) is 5.92 Å². The van der Waals surface area contributed by atoms with E-state index in [9.17, 15) is 14.4 Å². The molecule has 8 heteroatoms. The van der Waals surface area contributed by atoms with Crippen LogP contribution in [0.1, 0.15) is 41.5 Å². The van der Waals surface area contributed by atoms with Crippen LogP contribution in [0.5, 0.6) is 0 Å². The molecule has 1 fully saturated rings. The van der Waals surface area contributed by atoms with Gasteiger partial charge in [0.15, 0.2) is 0 Å². The van der Waals surface area contributed by atoms with Crippen molar-refractivity contribution in [2.75, 3.05) is 19.6 Å². The second-order valence-corrected chi connectivity index (χ2v) is 9.14. The Morgan fingerprint density at radius 1 is 0.969 bits per heavy atom. The monoisotopic (exact) mass is 475 g/mol. The van der Waals surface area contributed by atoms with Crippen molar-refractivity contribution in [2.45, 2.75) is 32.9 Å². The molecule has 0 saturated carbocycles. The summed E-state index contributed by atoms with van der Waals surface area (Å²) >= 11 is 11.9. The Hall–Kier alpha value is -2.57. The van der Waals surface area contributed by atoms with Crippen LogP contribution in [-0.4, -0.2) is 59.2 Å². The Bertz CT molecular complexity index is 997. The lowest BCUT2D eigenvalue weighted by Crippen LogP contribution is -2.59. The second-order valence-electron chi connectivity index (χ2n) is 8.32. The maximum atomic E-state index is 13.3. The molecule has 0 aliphatic carbocycles. The van der Waals surface area contributed by atoms with E-state index in [1.165, 1.54) is 6.07 Å². The molecule has 170 valence electrons. The molecule has 1 heterocycles. The summed E-state index contributed by atoms with van der Waals surface area (Å²) < 4.78 is 0. The van der Waals surface area contributed by atoms with E-state index in [0.717, 1.165) is 0 Å². The van der Waals surface area contributed by atoms with E-state index in [2.05, 4.69) is 5.32 Å². The van der Waals surface area contributed by atoms with Gasteiger partial charge in [0.25, 0.3) is 11.8 Å². The first-order chi connectivity index (χ1) is 15.2. The number of halogens is 2. The van der Waals surface area contributed by atoms with E-state index in [1.807, 2.05) is 39.0 Å². The molecule has 0 aromatic heterocycles. The molecule has 0 radical (unpaired) electrons. The van der Waals surface area contributed by atoms with Gasteiger partial charge in [-0.1, -0.05) is 55.2 Å². The van der Waals surface area contributed by atoms with Crippen LogP contribution in [0.15, 0.2) is 48.5 Å². The summed E-state index contributed by atoms with van der Waals surface area (Å²) in [6.07, 6.45) is 0. The zero-order valence-corrected chi connectivity index (χ0v) is 19.9. The van der Waals surface area contributed by atoms with Gasteiger partial charge in [0, 0.05) is 36.8 Å². The minimum Gasteiger partial charge on any atom is -0.340 e. The fraction of sp³-hybridized carbons (Fsp3) is 0.375. The molecule has 3 rings (SSSR count). The lowest BCUT2D eigenvalue weighted by atomic mass is 10.0. The van der Waals surface area contributed by atoms with Crippen LogP contribution in [0.2, 0.25) is 10.0 Å². The molecule has 32 heavy (non-hydrogen) atoms. The van der Waals surface area contributed by atoms with Crippen molar-refractivity contribution in [3.05, 3.63) is 69.7 Å². The number of carbonyl (C=O) groups is 3. The van der Waals surface area contributed by atoms with Crippen molar-refractivity contribution in [2.24, 2.45) is 5.92 Å². The third-order valence-electron chi connectivity index (χ3n) is 5.62. The van der Waals surface area contributed by atoms with Crippen molar-refractivity contribution in [3.63, 3.8) is 0 Å². The Kier molecular flexibility index (Phi) is 7.80. The number of benzene rings is 2. The number of amides is 3. The van der Waals surface area contributed by atoms with Crippen LogP contribution in [0.4, 0.5) is 0 Å². The molecule has 2 aromatic rings. The Morgan fingerprint density at radius 2 is 1.66 bits per heavy atom. The van der Waals surface area contributed by atoms with Crippen molar-refractivity contribution < 1.29 is 14.4 Å². The molecule has 1 aliphatic heterocycles. The number of hydrogen-bond acceptors (Lipinski definition) is 3. The van der Waals surface area contributed by atoms with Gasteiger partial charge in [-0.05, 0) is 43.2 Å². The molecule has 1 saturated heterocycles. The summed E-state index contributed by atoms with van der Waals surface area (Å²) in [7, 11) is 0. The van der Waals surface area contributed by atoms with E-state index in [1.54, 1.807) is 34.1 Å². The van der Waals surface area contributed by atoms with Gasteiger partial charge in [0.2, 0.25) is 5.91 Å². The molecule has 2 aromatic carbocycles. The first kappa shape index (κ1) is 24.1. The lowest BCUT2D eigenvalue weighted by Gasteiger charge is -2.41. The third-order valence-corrected chi connectivity index (χ3v) is 6.36. The quantitative estimate of drug-likeness (QED) is 0.706. The summed E-state index contributed by atoms with van der Waals surface area (Å²) in [5.41, 5.74) is 0.970. The zero-order chi connectivity index (χ0) is 23.4. The van der Waals surface area contributed by atoms with Crippen molar-refractivity contribution >= 4 is 40.9 Å². The van der Waals surface area contributed by atoms with E-state index in [0.29, 0.717) is 35.8 Å². The Labute approximate surface area is 198 Å². The molecule has 2 atom stereocenters. The smallest absolute Gasteiger partial charge is 0.254 e. The normalized spacial score (nSPS) is 17.2. The van der Waals surface area contributed by atoms with Gasteiger partial charge in [-0.15, -0.1) is 0 Å². The highest BCUT2D eigenvalue weighted by molar-refractivity contribution is 6.42. The minimum atomic E-state index is -0.694. The lowest BCUT2D eigenvalue weighted by molar-refractivity contribution is -0.136. The molecular formula is C24H27Cl2N3O3. The van der Waals surface area contributed by atoms with E-state index in [4.69, 9.17) is 23.2 Å². The van der Waals surface area contributed by atoms with Gasteiger partial charge in [0.05, 0.1) is 10.0 Å². The highest BCUT2D eigenvalue weighted by Gasteiger charge is 2.35. The van der Waals surface area contributed by atoms with Crippen LogP contribution in [-0.2, 0) is 4.79 Å². The van der Waals surface area contributed by atoms with Crippen molar-refractivity contribution in [1.29, 1.82) is 0 Å². The summed E-state index contributed by atoms with van der Waals surface area (Å²) in [6.45, 7) is 6.95. The molecule has 2 unspecified atom stereocenters. The molecular weight excluding hydrogens is 449 g/mol. The van der Waals surface area contributed by atoms with Gasteiger partial charge >= 0.3 is 0 Å². The highest BCUT2D eigenvalue weighted by atomic mass is 35.5. The van der Waals surface area contributed by atoms with Crippen LogP contribution in [0.3, 0.4) is 0 Å². The van der Waals surface area contributed by atoms with Crippen molar-refractivity contribution in [3.8, 4) is 0 Å². The van der Waals surface area contributed by atoms with E-state index >= 15 is 0 Å². The SMILES string of the molecule is CC(C)C(NC(=O)c1ccc(Cl)c(Cl)c1)C(=O)N1CCN(C(=O)c2ccccc2)C(C)C1. The topological polar surface area (TPSA) is 69.7 Å². The standard InChI is InChI=1S/C24H27Cl2N3O3/c1-15(2)21(27-22(30)18-9-10-19(25)20(26)13-18)24(32)28-11-12-29(16(3)14-28)23(31)17-7-5-4-6-8-17/h4-10,13,15-16,21H,11-12,14H2,1-3H3,(H,27,30). The maximum absolute atomic E-state index is 13.3. The molecule has 0 spiro atoms. The molecule has 0 bridgehead atoms. The van der Waals surface area contributed by atoms with Gasteiger partial charge in [-0.2, -0.15) is 0 Å². The fourth-order valence-electron chi connectivity index (χ4n) is 3.78. The second kappa shape index (κ2) is 10.4. The molecule has 3 amide bonds. The number of nitrogens with zero attached hydrogens (tertiary/aromatic N) is 2. The molecule has 6 nitrogen and oxygen atoms in total. The van der Waals surface area contributed by atoms with Crippen LogP contribution in [0.25, 0.3) is 0 Å². The van der Waals surface area contributed by atoms with Gasteiger partial charge in [-0.25, -0.2) is 0 Å². The van der Waals surface area contributed by atoms with Gasteiger partial charge in [0.1, 0.15) is 6.04 Å². The first-order valence-corrected chi connectivity index (χ1v) is 11.4. The van der Waals surface area contributed by atoms with Gasteiger partial charge < -0.3 is 15.1 Å². The number of piperazine rings is 1. The summed E-state index contributed by atoms with van der Waals surface area (Å²) in [5.74, 6) is -0.708. The first-order valence-electron chi connectivity index (χ1n) is 10.6. The minimum absolute atomic E-state index is 0.0430. The number of nitrogens with one attached hydrogen (secondary N) is 1. The van der Waals surface area contributed by atoms with E-state index < -0.39 is 6.04 Å². The predicted octanol–water partition coefficient (Wildman–Crippen LogP) is 4.12. The predicted molar refractivity (Wildman–Crippen MR) is 126 cm³/mol. The third kappa shape index (κ3) is 5.43. The van der Waals surface area contributed by atoms with Gasteiger partial charge in [-0.3, -0.25) is 14.4 Å². The number of carbonyl (C=O) groups excluding carboxylic acids is 3.